The molecular formula is C20H18O4S. The van der Waals surface area contributed by atoms with Crippen LogP contribution in [0.1, 0.15) is 23.3 Å². The van der Waals surface area contributed by atoms with Crippen LogP contribution in [0.5, 0.6) is 0 Å². The van der Waals surface area contributed by atoms with Crippen LogP contribution in [0.2, 0.25) is 0 Å². The Kier molecular flexibility index (Phi) is 5.28. The SMILES string of the molecule is O=S(=O)(OC(c1ccccc1)C(O)c1ccccc1)c1ccccc1. The van der Waals surface area contributed by atoms with E-state index in [-0.39, 0.29) is 4.90 Å². The first-order chi connectivity index (χ1) is 12.1. The van der Waals surface area contributed by atoms with Crippen molar-refractivity contribution in [2.75, 3.05) is 0 Å². The van der Waals surface area contributed by atoms with E-state index in [4.69, 9.17) is 4.18 Å². The third kappa shape index (κ3) is 4.14. The summed E-state index contributed by atoms with van der Waals surface area (Å²) >= 11 is 0. The monoisotopic (exact) mass is 354 g/mol. The molecule has 0 amide bonds. The van der Waals surface area contributed by atoms with Crippen molar-refractivity contribution in [3.8, 4) is 0 Å². The van der Waals surface area contributed by atoms with E-state index in [1.165, 1.54) is 12.1 Å². The highest BCUT2D eigenvalue weighted by atomic mass is 32.2. The Balaban J connectivity index is 1.98. The van der Waals surface area contributed by atoms with E-state index in [0.717, 1.165) is 0 Å². The van der Waals surface area contributed by atoms with Crippen LogP contribution in [0, 0.1) is 0 Å². The summed E-state index contributed by atoms with van der Waals surface area (Å²) in [6, 6.07) is 25.6. The molecule has 0 saturated carbocycles. The van der Waals surface area contributed by atoms with Crippen LogP contribution in [-0.4, -0.2) is 13.5 Å². The van der Waals surface area contributed by atoms with Crippen molar-refractivity contribution in [1.82, 2.24) is 0 Å². The lowest BCUT2D eigenvalue weighted by Crippen LogP contribution is -2.19. The van der Waals surface area contributed by atoms with Gasteiger partial charge in [-0.2, -0.15) is 8.42 Å². The fourth-order valence-electron chi connectivity index (χ4n) is 2.54. The Labute approximate surface area is 147 Å². The molecule has 0 spiro atoms. The highest BCUT2D eigenvalue weighted by Gasteiger charge is 2.30. The first-order valence-electron chi connectivity index (χ1n) is 7.84. The van der Waals surface area contributed by atoms with Gasteiger partial charge in [0.1, 0.15) is 12.2 Å². The molecule has 3 aromatic carbocycles. The van der Waals surface area contributed by atoms with E-state index in [1.54, 1.807) is 66.7 Å². The van der Waals surface area contributed by atoms with Crippen LogP contribution in [0.3, 0.4) is 0 Å². The van der Waals surface area contributed by atoms with Gasteiger partial charge in [-0.05, 0) is 23.3 Å². The lowest BCUT2D eigenvalue weighted by Gasteiger charge is -2.23. The maximum absolute atomic E-state index is 12.6. The second-order valence-electron chi connectivity index (χ2n) is 5.55. The van der Waals surface area contributed by atoms with Gasteiger partial charge in [-0.3, -0.25) is 4.18 Å². The van der Waals surface area contributed by atoms with Gasteiger partial charge in [0.05, 0.1) is 4.90 Å². The second-order valence-corrected chi connectivity index (χ2v) is 7.12. The van der Waals surface area contributed by atoms with Crippen LogP contribution in [0.25, 0.3) is 0 Å². The highest BCUT2D eigenvalue weighted by Crippen LogP contribution is 2.34. The summed E-state index contributed by atoms with van der Waals surface area (Å²) in [6.45, 7) is 0. The molecule has 128 valence electrons. The molecule has 4 nitrogen and oxygen atoms in total. The molecule has 2 atom stereocenters. The number of aliphatic hydroxyl groups is 1. The summed E-state index contributed by atoms with van der Waals surface area (Å²) in [4.78, 5) is 0.0520. The van der Waals surface area contributed by atoms with E-state index in [0.29, 0.717) is 11.1 Å². The fourth-order valence-corrected chi connectivity index (χ4v) is 3.63. The van der Waals surface area contributed by atoms with Crippen LogP contribution in [-0.2, 0) is 14.3 Å². The van der Waals surface area contributed by atoms with Crippen molar-refractivity contribution in [2.24, 2.45) is 0 Å². The smallest absolute Gasteiger partial charge is 0.297 e. The predicted molar refractivity (Wildman–Crippen MR) is 95.3 cm³/mol. The molecule has 0 saturated heterocycles. The van der Waals surface area contributed by atoms with E-state index >= 15 is 0 Å². The maximum atomic E-state index is 12.6. The normalized spacial score (nSPS) is 14.0. The minimum Gasteiger partial charge on any atom is -0.385 e. The molecule has 0 aliphatic heterocycles. The Morgan fingerprint density at radius 3 is 1.64 bits per heavy atom. The predicted octanol–water partition coefficient (Wildman–Crippen LogP) is 3.87. The van der Waals surface area contributed by atoms with Gasteiger partial charge in [-0.1, -0.05) is 78.9 Å². The summed E-state index contributed by atoms with van der Waals surface area (Å²) in [7, 11) is -4.02. The molecule has 0 aliphatic rings. The zero-order valence-electron chi connectivity index (χ0n) is 13.4. The van der Waals surface area contributed by atoms with Crippen LogP contribution in [0.15, 0.2) is 95.9 Å². The quantitative estimate of drug-likeness (QED) is 0.683. The molecule has 3 aromatic rings. The first-order valence-corrected chi connectivity index (χ1v) is 9.25. The zero-order valence-corrected chi connectivity index (χ0v) is 14.2. The lowest BCUT2D eigenvalue weighted by atomic mass is 9.98. The summed E-state index contributed by atoms with van der Waals surface area (Å²) in [5.74, 6) is 0. The van der Waals surface area contributed by atoms with E-state index < -0.39 is 22.3 Å². The standard InChI is InChI=1S/C20H18O4S/c21-19(16-10-4-1-5-11-16)20(17-12-6-2-7-13-17)24-25(22,23)18-14-8-3-9-15-18/h1-15,19-21H. The van der Waals surface area contributed by atoms with Crippen molar-refractivity contribution in [3.63, 3.8) is 0 Å². The molecule has 1 N–H and O–H groups in total. The summed E-state index contributed by atoms with van der Waals surface area (Å²) in [5.41, 5.74) is 1.16. The van der Waals surface area contributed by atoms with Gasteiger partial charge in [0.2, 0.25) is 0 Å². The topological polar surface area (TPSA) is 63.6 Å². The molecule has 0 radical (unpaired) electrons. The lowest BCUT2D eigenvalue weighted by molar-refractivity contribution is 0.0385. The van der Waals surface area contributed by atoms with Gasteiger partial charge in [0.25, 0.3) is 10.1 Å². The zero-order chi connectivity index (χ0) is 17.7. The van der Waals surface area contributed by atoms with E-state index in [1.807, 2.05) is 12.1 Å². The van der Waals surface area contributed by atoms with E-state index in [9.17, 15) is 13.5 Å². The average molecular weight is 354 g/mol. The van der Waals surface area contributed by atoms with Crippen molar-refractivity contribution in [3.05, 3.63) is 102 Å². The van der Waals surface area contributed by atoms with Crippen molar-refractivity contribution in [1.29, 1.82) is 0 Å². The molecule has 5 heteroatoms. The van der Waals surface area contributed by atoms with Gasteiger partial charge in [-0.15, -0.1) is 0 Å². The molecule has 3 rings (SSSR count). The van der Waals surface area contributed by atoms with Gasteiger partial charge in [0.15, 0.2) is 0 Å². The first kappa shape index (κ1) is 17.4. The Morgan fingerprint density at radius 2 is 1.12 bits per heavy atom. The summed E-state index contributed by atoms with van der Waals surface area (Å²) in [6.07, 6.45) is -2.17. The molecule has 0 bridgehead atoms. The Bertz CT molecular complexity index is 894. The van der Waals surface area contributed by atoms with Gasteiger partial charge in [0, 0.05) is 0 Å². The van der Waals surface area contributed by atoms with Gasteiger partial charge < -0.3 is 5.11 Å². The van der Waals surface area contributed by atoms with Crippen molar-refractivity contribution >= 4 is 10.1 Å². The molecule has 2 unspecified atom stereocenters. The highest BCUT2D eigenvalue weighted by molar-refractivity contribution is 7.86. The summed E-state index contributed by atoms with van der Waals surface area (Å²) < 4.78 is 30.7. The third-order valence-electron chi connectivity index (χ3n) is 3.82. The van der Waals surface area contributed by atoms with E-state index in [2.05, 4.69) is 0 Å². The van der Waals surface area contributed by atoms with Crippen LogP contribution < -0.4 is 0 Å². The molecular weight excluding hydrogens is 336 g/mol. The van der Waals surface area contributed by atoms with Crippen LogP contribution >= 0.6 is 0 Å². The average Bonchev–Trinajstić information content (AvgIpc) is 2.68. The Hall–Kier alpha value is -2.47. The third-order valence-corrected chi connectivity index (χ3v) is 5.13. The summed E-state index contributed by atoms with van der Waals surface area (Å²) in [5, 5.41) is 10.8. The Morgan fingerprint density at radius 1 is 0.680 bits per heavy atom. The van der Waals surface area contributed by atoms with Gasteiger partial charge >= 0.3 is 0 Å². The molecule has 25 heavy (non-hydrogen) atoms. The minimum absolute atomic E-state index is 0.0520. The van der Waals surface area contributed by atoms with Gasteiger partial charge in [-0.25, -0.2) is 0 Å². The number of rotatable bonds is 6. The van der Waals surface area contributed by atoms with Crippen molar-refractivity contribution in [2.45, 2.75) is 17.1 Å². The second kappa shape index (κ2) is 7.61. The molecule has 0 heterocycles. The molecule has 0 fully saturated rings. The molecule has 0 aromatic heterocycles. The number of benzene rings is 3. The molecule has 0 aliphatic carbocycles. The minimum atomic E-state index is -4.02. The van der Waals surface area contributed by atoms with Crippen LogP contribution in [0.4, 0.5) is 0 Å². The maximum Gasteiger partial charge on any atom is 0.297 e. The number of hydrogen-bond acceptors (Lipinski definition) is 4. The van der Waals surface area contributed by atoms with Crippen molar-refractivity contribution < 1.29 is 17.7 Å². The fraction of sp³-hybridized carbons (Fsp3) is 0.100. The largest absolute Gasteiger partial charge is 0.385 e. The number of hydrogen-bond donors (Lipinski definition) is 1. The number of aliphatic hydroxyl groups excluding tert-OH is 1.